The summed E-state index contributed by atoms with van der Waals surface area (Å²) < 4.78 is 7.83. The van der Waals surface area contributed by atoms with Crippen molar-refractivity contribution in [1.82, 2.24) is 14.5 Å². The van der Waals surface area contributed by atoms with E-state index in [9.17, 15) is 4.79 Å². The number of ether oxygens (including phenoxy) is 1. The molecule has 0 bridgehead atoms. The first-order valence-electron chi connectivity index (χ1n) is 9.31. The van der Waals surface area contributed by atoms with Crippen LogP contribution in [0, 0.1) is 0 Å². The summed E-state index contributed by atoms with van der Waals surface area (Å²) in [7, 11) is 1.64. The van der Waals surface area contributed by atoms with Crippen LogP contribution >= 0.6 is 23.1 Å². The van der Waals surface area contributed by atoms with Gasteiger partial charge >= 0.3 is 0 Å². The van der Waals surface area contributed by atoms with Crippen LogP contribution in [0.15, 0.2) is 57.7 Å². The highest BCUT2D eigenvalue weighted by Gasteiger charge is 2.18. The van der Waals surface area contributed by atoms with Crippen molar-refractivity contribution < 1.29 is 4.74 Å². The number of rotatable bonds is 6. The van der Waals surface area contributed by atoms with Crippen LogP contribution in [-0.4, -0.2) is 27.9 Å². The van der Waals surface area contributed by atoms with Crippen molar-refractivity contribution in [1.29, 1.82) is 0 Å². The quantitative estimate of drug-likeness (QED) is 0.415. The summed E-state index contributed by atoms with van der Waals surface area (Å²) in [6.45, 7) is 2.53. The molecule has 0 N–H and O–H groups in total. The molecule has 2 aromatic heterocycles. The van der Waals surface area contributed by atoms with Gasteiger partial charge in [-0.25, -0.2) is 9.97 Å². The average Bonchev–Trinajstić information content (AvgIpc) is 3.19. The Morgan fingerprint density at radius 3 is 2.55 bits per heavy atom. The zero-order valence-corrected chi connectivity index (χ0v) is 18.1. The highest BCUT2D eigenvalue weighted by Crippen LogP contribution is 2.29. The number of thioether (sulfide) groups is 1. The molecule has 0 spiro atoms. The van der Waals surface area contributed by atoms with Gasteiger partial charge < -0.3 is 4.74 Å². The van der Waals surface area contributed by atoms with Gasteiger partial charge in [-0.15, -0.1) is 0 Å². The van der Waals surface area contributed by atoms with E-state index in [0.29, 0.717) is 22.7 Å². The molecule has 0 atom stereocenters. The molecule has 0 saturated carbocycles. The third-order valence-electron chi connectivity index (χ3n) is 4.81. The average molecular weight is 424 g/mol. The minimum absolute atomic E-state index is 0.108. The number of fused-ring (bicyclic) bond motifs is 1. The smallest absolute Gasteiger partial charge is 0.281 e. The SMILES string of the molecule is CCc1ccccc1-c1nc2sc(SC)nc2c(=O)n1Cc1ccc(OC)cc1. The Bertz CT molecular complexity index is 1210. The van der Waals surface area contributed by atoms with E-state index in [-0.39, 0.29) is 5.56 Å². The highest BCUT2D eigenvalue weighted by molar-refractivity contribution is 8.00. The Kier molecular flexibility index (Phi) is 5.69. The van der Waals surface area contributed by atoms with Gasteiger partial charge in [0, 0.05) is 5.56 Å². The van der Waals surface area contributed by atoms with Crippen molar-refractivity contribution in [2.75, 3.05) is 13.4 Å². The van der Waals surface area contributed by atoms with Crippen LogP contribution in [0.3, 0.4) is 0 Å². The molecule has 4 rings (SSSR count). The molecule has 2 aromatic carbocycles. The fourth-order valence-corrected chi connectivity index (χ4v) is 4.71. The zero-order valence-electron chi connectivity index (χ0n) is 16.5. The Balaban J connectivity index is 1.94. The van der Waals surface area contributed by atoms with E-state index in [0.717, 1.165) is 33.2 Å². The van der Waals surface area contributed by atoms with Crippen LogP contribution in [-0.2, 0) is 13.0 Å². The Labute approximate surface area is 177 Å². The van der Waals surface area contributed by atoms with Gasteiger partial charge in [-0.1, -0.05) is 66.4 Å². The number of aromatic nitrogens is 3. The van der Waals surface area contributed by atoms with Crippen molar-refractivity contribution in [2.45, 2.75) is 24.2 Å². The largest absolute Gasteiger partial charge is 0.497 e. The van der Waals surface area contributed by atoms with E-state index in [2.05, 4.69) is 18.0 Å². The van der Waals surface area contributed by atoms with E-state index < -0.39 is 0 Å². The van der Waals surface area contributed by atoms with Gasteiger partial charge in [0.2, 0.25) is 0 Å². The van der Waals surface area contributed by atoms with E-state index in [1.165, 1.54) is 23.1 Å². The minimum atomic E-state index is -0.108. The monoisotopic (exact) mass is 423 g/mol. The number of methoxy groups -OCH3 is 1. The van der Waals surface area contributed by atoms with E-state index in [4.69, 9.17) is 9.72 Å². The van der Waals surface area contributed by atoms with Crippen molar-refractivity contribution >= 4 is 33.4 Å². The summed E-state index contributed by atoms with van der Waals surface area (Å²) in [5.74, 6) is 1.47. The van der Waals surface area contributed by atoms with E-state index in [1.54, 1.807) is 11.7 Å². The number of hydrogen-bond donors (Lipinski definition) is 0. The van der Waals surface area contributed by atoms with Crippen LogP contribution in [0.1, 0.15) is 18.1 Å². The van der Waals surface area contributed by atoms with Crippen LogP contribution in [0.5, 0.6) is 5.75 Å². The fraction of sp³-hybridized carbons (Fsp3) is 0.227. The van der Waals surface area contributed by atoms with Crippen molar-refractivity contribution in [3.05, 3.63) is 70.0 Å². The third-order valence-corrected chi connectivity index (χ3v) is 6.75. The Morgan fingerprint density at radius 1 is 1.10 bits per heavy atom. The highest BCUT2D eigenvalue weighted by atomic mass is 32.2. The van der Waals surface area contributed by atoms with Gasteiger partial charge in [0.15, 0.2) is 14.7 Å². The maximum atomic E-state index is 13.4. The second-order valence-electron chi connectivity index (χ2n) is 6.52. The predicted molar refractivity (Wildman–Crippen MR) is 120 cm³/mol. The minimum Gasteiger partial charge on any atom is -0.497 e. The van der Waals surface area contributed by atoms with Crippen LogP contribution in [0.4, 0.5) is 0 Å². The summed E-state index contributed by atoms with van der Waals surface area (Å²) in [4.78, 5) is 23.5. The van der Waals surface area contributed by atoms with Gasteiger partial charge in [0.1, 0.15) is 11.6 Å². The number of thiazole rings is 1. The summed E-state index contributed by atoms with van der Waals surface area (Å²) in [6, 6.07) is 15.9. The molecule has 5 nitrogen and oxygen atoms in total. The van der Waals surface area contributed by atoms with Crippen molar-refractivity contribution in [3.8, 4) is 17.1 Å². The van der Waals surface area contributed by atoms with Crippen molar-refractivity contribution in [2.24, 2.45) is 0 Å². The molecule has 0 aliphatic rings. The molecular weight excluding hydrogens is 402 g/mol. The van der Waals surface area contributed by atoms with Gasteiger partial charge in [-0.2, -0.15) is 0 Å². The zero-order chi connectivity index (χ0) is 20.4. The molecule has 29 heavy (non-hydrogen) atoms. The topological polar surface area (TPSA) is 57.0 Å². The maximum absolute atomic E-state index is 13.4. The lowest BCUT2D eigenvalue weighted by Crippen LogP contribution is -2.24. The second kappa shape index (κ2) is 8.39. The predicted octanol–water partition coefficient (Wildman–Crippen LogP) is 4.86. The van der Waals surface area contributed by atoms with Crippen LogP contribution in [0.25, 0.3) is 21.7 Å². The summed E-state index contributed by atoms with van der Waals surface area (Å²) in [6.07, 6.45) is 2.83. The molecule has 0 amide bonds. The number of benzene rings is 2. The lowest BCUT2D eigenvalue weighted by molar-refractivity contribution is 0.414. The van der Waals surface area contributed by atoms with Crippen LogP contribution in [0.2, 0.25) is 0 Å². The molecule has 2 heterocycles. The summed E-state index contributed by atoms with van der Waals surface area (Å²) in [5, 5.41) is 0. The number of hydrogen-bond acceptors (Lipinski definition) is 6. The summed E-state index contributed by atoms with van der Waals surface area (Å²) in [5.41, 5.74) is 3.48. The van der Waals surface area contributed by atoms with Gasteiger partial charge in [0.05, 0.1) is 13.7 Å². The Morgan fingerprint density at radius 2 is 1.86 bits per heavy atom. The molecular formula is C22H21N3O2S2. The molecule has 0 aliphatic heterocycles. The normalized spacial score (nSPS) is 11.1. The fourth-order valence-electron chi connectivity index (χ4n) is 3.29. The van der Waals surface area contributed by atoms with Gasteiger partial charge in [0.25, 0.3) is 5.56 Å². The molecule has 0 saturated heterocycles. The van der Waals surface area contributed by atoms with Gasteiger partial charge in [-0.3, -0.25) is 9.36 Å². The lowest BCUT2D eigenvalue weighted by Gasteiger charge is -2.15. The molecule has 0 aliphatic carbocycles. The van der Waals surface area contributed by atoms with Crippen LogP contribution < -0.4 is 10.3 Å². The molecule has 0 unspecified atom stereocenters. The van der Waals surface area contributed by atoms with E-state index in [1.807, 2.05) is 48.7 Å². The molecule has 148 valence electrons. The first-order chi connectivity index (χ1) is 14.1. The number of nitrogens with zero attached hydrogens (tertiary/aromatic N) is 3. The maximum Gasteiger partial charge on any atom is 0.281 e. The van der Waals surface area contributed by atoms with E-state index >= 15 is 0 Å². The first kappa shape index (κ1) is 19.7. The van der Waals surface area contributed by atoms with Gasteiger partial charge in [-0.05, 0) is 35.9 Å². The number of aryl methyl sites for hydroxylation is 1. The van der Waals surface area contributed by atoms with Crippen molar-refractivity contribution in [3.63, 3.8) is 0 Å². The molecule has 0 fully saturated rings. The second-order valence-corrected chi connectivity index (χ2v) is 8.55. The molecule has 0 radical (unpaired) electrons. The lowest BCUT2D eigenvalue weighted by atomic mass is 10.0. The standard InChI is InChI=1S/C22H21N3O2S2/c1-4-15-7-5-6-8-17(15)19-24-20-18(23-22(28-3)29-20)21(26)25(19)13-14-9-11-16(27-2)12-10-14/h5-12H,4,13H2,1-3H3. The Hall–Kier alpha value is -2.64. The summed E-state index contributed by atoms with van der Waals surface area (Å²) >= 11 is 3.00. The molecule has 4 aromatic rings. The molecule has 7 heteroatoms. The third kappa shape index (κ3) is 3.80. The first-order valence-corrected chi connectivity index (χ1v) is 11.3.